The molecule has 0 heterocycles. The third-order valence-corrected chi connectivity index (χ3v) is 4.00. The van der Waals surface area contributed by atoms with E-state index in [1.165, 1.54) is 32.4 Å². The number of rotatable bonds is 4. The summed E-state index contributed by atoms with van der Waals surface area (Å²) >= 11 is 0. The Bertz CT molecular complexity index is 476. The minimum absolute atomic E-state index is 0.00698. The van der Waals surface area contributed by atoms with Crippen molar-refractivity contribution in [3.63, 3.8) is 0 Å². The highest BCUT2D eigenvalue weighted by Crippen LogP contribution is 2.31. The number of nitrogens with zero attached hydrogens (tertiary/aromatic N) is 1. The molecule has 0 radical (unpaired) electrons. The van der Waals surface area contributed by atoms with Crippen LogP contribution in [-0.2, 0) is 0 Å². The lowest BCUT2D eigenvalue weighted by atomic mass is 10.0. The van der Waals surface area contributed by atoms with Gasteiger partial charge < -0.3 is 10.1 Å². The van der Waals surface area contributed by atoms with Gasteiger partial charge in [-0.1, -0.05) is 19.8 Å². The van der Waals surface area contributed by atoms with Crippen LogP contribution in [-0.4, -0.2) is 18.1 Å². The van der Waals surface area contributed by atoms with Crippen molar-refractivity contribution >= 4 is 11.4 Å². The monoisotopic (exact) mass is 278 g/mol. The van der Waals surface area contributed by atoms with Gasteiger partial charge in [0.05, 0.1) is 12.0 Å². The van der Waals surface area contributed by atoms with Crippen molar-refractivity contribution < 1.29 is 9.66 Å². The third kappa shape index (κ3) is 3.62. The number of hydrogen-bond acceptors (Lipinski definition) is 4. The number of nitrogens with one attached hydrogen (secondary N) is 1. The van der Waals surface area contributed by atoms with Crippen molar-refractivity contribution in [3.05, 3.63) is 28.3 Å². The lowest BCUT2D eigenvalue weighted by Gasteiger charge is -2.18. The highest BCUT2D eigenvalue weighted by molar-refractivity contribution is 5.58. The lowest BCUT2D eigenvalue weighted by molar-refractivity contribution is -0.385. The average molecular weight is 278 g/mol. The molecule has 2 unspecified atom stereocenters. The molecule has 0 bridgehead atoms. The molecule has 0 aromatic heterocycles. The van der Waals surface area contributed by atoms with Crippen LogP contribution in [0.15, 0.2) is 18.2 Å². The molecule has 1 aliphatic carbocycles. The van der Waals surface area contributed by atoms with Crippen molar-refractivity contribution in [2.24, 2.45) is 5.92 Å². The normalized spacial score (nSPS) is 22.9. The zero-order valence-electron chi connectivity index (χ0n) is 12.1. The van der Waals surface area contributed by atoms with Crippen molar-refractivity contribution in [2.75, 3.05) is 12.4 Å². The van der Waals surface area contributed by atoms with Gasteiger partial charge in [0, 0.05) is 23.9 Å². The Kier molecular flexibility index (Phi) is 4.82. The van der Waals surface area contributed by atoms with Crippen LogP contribution in [0.3, 0.4) is 0 Å². The Balaban J connectivity index is 2.07. The molecule has 0 saturated heterocycles. The van der Waals surface area contributed by atoms with E-state index in [0.29, 0.717) is 11.8 Å². The maximum absolute atomic E-state index is 10.9. The Labute approximate surface area is 119 Å². The Morgan fingerprint density at radius 2 is 2.10 bits per heavy atom. The molecular weight excluding hydrogens is 256 g/mol. The predicted octanol–water partition coefficient (Wildman–Crippen LogP) is 3.98. The second-order valence-electron chi connectivity index (χ2n) is 5.60. The predicted molar refractivity (Wildman–Crippen MR) is 79.3 cm³/mol. The smallest absolute Gasteiger partial charge is 0.311 e. The Hall–Kier alpha value is -1.78. The first-order chi connectivity index (χ1) is 9.60. The average Bonchev–Trinajstić information content (AvgIpc) is 2.63. The summed E-state index contributed by atoms with van der Waals surface area (Å²) in [6, 6.07) is 5.42. The molecule has 1 fully saturated rings. The molecule has 0 spiro atoms. The van der Waals surface area contributed by atoms with Gasteiger partial charge in [0.25, 0.3) is 0 Å². The van der Waals surface area contributed by atoms with Gasteiger partial charge in [0.15, 0.2) is 5.75 Å². The number of benzene rings is 1. The van der Waals surface area contributed by atoms with E-state index in [9.17, 15) is 10.1 Å². The molecule has 1 aromatic rings. The molecule has 0 amide bonds. The number of ether oxygens (including phenoxy) is 1. The fraction of sp³-hybridized carbons (Fsp3) is 0.600. The van der Waals surface area contributed by atoms with Gasteiger partial charge in [0.1, 0.15) is 0 Å². The van der Waals surface area contributed by atoms with Gasteiger partial charge in [0.2, 0.25) is 0 Å². The van der Waals surface area contributed by atoms with Gasteiger partial charge in [-0.05, 0) is 31.2 Å². The summed E-state index contributed by atoms with van der Waals surface area (Å²) < 4.78 is 5.10. The van der Waals surface area contributed by atoms with Gasteiger partial charge >= 0.3 is 5.69 Å². The maximum atomic E-state index is 10.9. The van der Waals surface area contributed by atoms with Gasteiger partial charge in [-0.2, -0.15) is 0 Å². The van der Waals surface area contributed by atoms with E-state index in [1.807, 2.05) is 0 Å². The van der Waals surface area contributed by atoms with Crippen LogP contribution in [0.2, 0.25) is 0 Å². The molecule has 2 atom stereocenters. The zero-order valence-corrected chi connectivity index (χ0v) is 12.1. The number of nitro benzene ring substituents is 1. The van der Waals surface area contributed by atoms with Gasteiger partial charge in [-0.25, -0.2) is 0 Å². The SMILES string of the molecule is COc1cc(NC2CCCC(C)CC2)ccc1[N+](=O)[O-]. The summed E-state index contributed by atoms with van der Waals surface area (Å²) in [6.45, 7) is 2.30. The molecular formula is C15H22N2O3. The number of methoxy groups -OCH3 is 1. The molecule has 1 N–H and O–H groups in total. The van der Waals surface area contributed by atoms with Crippen LogP contribution in [0.25, 0.3) is 0 Å². The number of anilines is 1. The summed E-state index contributed by atoms with van der Waals surface area (Å²) in [5.41, 5.74) is 0.902. The minimum atomic E-state index is -0.421. The highest BCUT2D eigenvalue weighted by atomic mass is 16.6. The van der Waals surface area contributed by atoms with E-state index >= 15 is 0 Å². The second-order valence-corrected chi connectivity index (χ2v) is 5.60. The maximum Gasteiger partial charge on any atom is 0.311 e. The minimum Gasteiger partial charge on any atom is -0.490 e. The first-order valence-electron chi connectivity index (χ1n) is 7.19. The van der Waals surface area contributed by atoms with E-state index in [4.69, 9.17) is 4.74 Å². The largest absolute Gasteiger partial charge is 0.490 e. The first-order valence-corrected chi connectivity index (χ1v) is 7.19. The van der Waals surface area contributed by atoms with Gasteiger partial charge in [-0.15, -0.1) is 0 Å². The molecule has 110 valence electrons. The number of nitro groups is 1. The first kappa shape index (κ1) is 14.6. The highest BCUT2D eigenvalue weighted by Gasteiger charge is 2.18. The van der Waals surface area contributed by atoms with Crippen LogP contribution in [0.5, 0.6) is 5.75 Å². The number of hydrogen-bond donors (Lipinski definition) is 1. The van der Waals surface area contributed by atoms with Crippen LogP contribution in [0, 0.1) is 16.0 Å². The molecule has 1 saturated carbocycles. The van der Waals surface area contributed by atoms with Crippen LogP contribution >= 0.6 is 0 Å². The molecule has 20 heavy (non-hydrogen) atoms. The standard InChI is InChI=1S/C15H22N2O3/c1-11-4-3-5-12(7-6-11)16-13-8-9-14(17(18)19)15(10-13)20-2/h8-12,16H,3-7H2,1-2H3. The zero-order chi connectivity index (χ0) is 14.5. The van der Waals surface area contributed by atoms with E-state index in [-0.39, 0.29) is 5.69 Å². The van der Waals surface area contributed by atoms with Crippen LogP contribution in [0.4, 0.5) is 11.4 Å². The molecule has 5 nitrogen and oxygen atoms in total. The fourth-order valence-electron chi connectivity index (χ4n) is 2.79. The summed E-state index contributed by atoms with van der Waals surface area (Å²) in [6.07, 6.45) is 6.08. The lowest BCUT2D eigenvalue weighted by Crippen LogP contribution is -2.18. The van der Waals surface area contributed by atoms with E-state index < -0.39 is 4.92 Å². The van der Waals surface area contributed by atoms with E-state index in [1.54, 1.807) is 12.1 Å². The van der Waals surface area contributed by atoms with Crippen molar-refractivity contribution in [1.82, 2.24) is 0 Å². The Morgan fingerprint density at radius 1 is 1.30 bits per heavy atom. The molecule has 0 aliphatic heterocycles. The Morgan fingerprint density at radius 3 is 2.80 bits per heavy atom. The fourth-order valence-corrected chi connectivity index (χ4v) is 2.79. The molecule has 1 aromatic carbocycles. The second kappa shape index (κ2) is 6.59. The van der Waals surface area contributed by atoms with Crippen molar-refractivity contribution in [3.8, 4) is 5.75 Å². The van der Waals surface area contributed by atoms with Gasteiger partial charge in [-0.3, -0.25) is 10.1 Å². The van der Waals surface area contributed by atoms with Crippen LogP contribution in [0.1, 0.15) is 39.0 Å². The van der Waals surface area contributed by atoms with Crippen molar-refractivity contribution in [1.29, 1.82) is 0 Å². The summed E-state index contributed by atoms with van der Waals surface area (Å²) in [4.78, 5) is 10.4. The van der Waals surface area contributed by atoms with Crippen LogP contribution < -0.4 is 10.1 Å². The van der Waals surface area contributed by atoms with Crippen molar-refractivity contribution in [2.45, 2.75) is 45.1 Å². The quantitative estimate of drug-likeness (QED) is 0.514. The van der Waals surface area contributed by atoms with E-state index in [2.05, 4.69) is 12.2 Å². The summed E-state index contributed by atoms with van der Waals surface area (Å²) in [5, 5.41) is 14.3. The molecule has 5 heteroatoms. The molecule has 1 aliphatic rings. The summed E-state index contributed by atoms with van der Waals surface area (Å²) in [7, 11) is 1.46. The van der Waals surface area contributed by atoms with E-state index in [0.717, 1.165) is 24.4 Å². The topological polar surface area (TPSA) is 64.4 Å². The third-order valence-electron chi connectivity index (χ3n) is 4.00. The molecule has 2 rings (SSSR count). The summed E-state index contributed by atoms with van der Waals surface area (Å²) in [5.74, 6) is 1.11.